The third-order valence-corrected chi connectivity index (χ3v) is 3.36. The van der Waals surface area contributed by atoms with Gasteiger partial charge in [0.05, 0.1) is 11.6 Å². The lowest BCUT2D eigenvalue weighted by molar-refractivity contribution is 0.411. The van der Waals surface area contributed by atoms with Crippen LogP contribution < -0.4 is 15.2 Å². The topological polar surface area (TPSA) is 57.4 Å². The van der Waals surface area contributed by atoms with E-state index in [0.717, 1.165) is 22.2 Å². The average molecular weight is 337 g/mol. The van der Waals surface area contributed by atoms with Crippen LogP contribution in [0.2, 0.25) is 0 Å². The van der Waals surface area contributed by atoms with Crippen molar-refractivity contribution in [3.63, 3.8) is 0 Å². The molecule has 4 nitrogen and oxygen atoms in total. The van der Waals surface area contributed by atoms with Crippen LogP contribution in [-0.2, 0) is 6.42 Å². The van der Waals surface area contributed by atoms with E-state index in [1.54, 1.807) is 13.3 Å². The molecule has 0 bridgehead atoms. The summed E-state index contributed by atoms with van der Waals surface area (Å²) >= 11 is 3.46. The van der Waals surface area contributed by atoms with Gasteiger partial charge in [0.1, 0.15) is 11.5 Å². The maximum atomic E-state index is 5.87. The molecule has 0 fully saturated rings. The minimum atomic E-state index is 0.0564. The summed E-state index contributed by atoms with van der Waals surface area (Å²) in [5, 5.41) is 0. The van der Waals surface area contributed by atoms with E-state index in [1.165, 1.54) is 0 Å². The maximum Gasteiger partial charge on any atom is 0.222 e. The number of benzene rings is 1. The van der Waals surface area contributed by atoms with Crippen LogP contribution in [0.25, 0.3) is 0 Å². The Morgan fingerprint density at radius 1 is 1.35 bits per heavy atom. The highest BCUT2D eigenvalue weighted by Gasteiger charge is 2.10. The van der Waals surface area contributed by atoms with Crippen molar-refractivity contribution >= 4 is 15.9 Å². The van der Waals surface area contributed by atoms with Gasteiger partial charge >= 0.3 is 0 Å². The summed E-state index contributed by atoms with van der Waals surface area (Å²) in [4.78, 5) is 4.28. The molecule has 0 aliphatic heterocycles. The second-order valence-electron chi connectivity index (χ2n) is 4.55. The molecule has 1 heterocycles. The van der Waals surface area contributed by atoms with Crippen molar-refractivity contribution in [3.8, 4) is 17.4 Å². The lowest BCUT2D eigenvalue weighted by Crippen LogP contribution is -2.18. The first-order valence-corrected chi connectivity index (χ1v) is 7.10. The third kappa shape index (κ3) is 3.71. The Hall–Kier alpha value is -1.59. The van der Waals surface area contributed by atoms with E-state index >= 15 is 0 Å². The minimum Gasteiger partial charge on any atom is -0.497 e. The first-order chi connectivity index (χ1) is 9.60. The summed E-state index contributed by atoms with van der Waals surface area (Å²) in [6.07, 6.45) is 2.42. The molecule has 1 aromatic heterocycles. The molecule has 0 aliphatic carbocycles. The number of nitrogens with two attached hydrogens (primary N) is 1. The highest BCUT2D eigenvalue weighted by Crippen LogP contribution is 2.33. The monoisotopic (exact) mass is 336 g/mol. The Balaban J connectivity index is 2.26. The molecular formula is C15H17BrN2O2. The number of pyridine rings is 1. The molecule has 2 rings (SSSR count). The number of halogens is 1. The second-order valence-corrected chi connectivity index (χ2v) is 5.40. The smallest absolute Gasteiger partial charge is 0.222 e. The zero-order valence-electron chi connectivity index (χ0n) is 11.5. The molecule has 20 heavy (non-hydrogen) atoms. The van der Waals surface area contributed by atoms with E-state index in [2.05, 4.69) is 20.9 Å². The van der Waals surface area contributed by atoms with Crippen LogP contribution in [0.1, 0.15) is 12.5 Å². The van der Waals surface area contributed by atoms with Gasteiger partial charge in [0.15, 0.2) is 0 Å². The van der Waals surface area contributed by atoms with Gasteiger partial charge in [-0.1, -0.05) is 6.07 Å². The molecule has 0 radical (unpaired) electrons. The highest BCUT2D eigenvalue weighted by molar-refractivity contribution is 9.10. The molecular weight excluding hydrogens is 320 g/mol. The zero-order valence-corrected chi connectivity index (χ0v) is 13.1. The fraction of sp³-hybridized carbons (Fsp3) is 0.267. The molecule has 2 N–H and O–H groups in total. The van der Waals surface area contributed by atoms with Gasteiger partial charge in [-0.05, 0) is 53.5 Å². The van der Waals surface area contributed by atoms with Gasteiger partial charge < -0.3 is 15.2 Å². The highest BCUT2D eigenvalue weighted by atomic mass is 79.9. The summed E-state index contributed by atoms with van der Waals surface area (Å²) in [7, 11) is 1.63. The molecule has 1 atom stereocenters. The van der Waals surface area contributed by atoms with E-state index in [9.17, 15) is 0 Å². The molecule has 0 spiro atoms. The largest absolute Gasteiger partial charge is 0.497 e. The lowest BCUT2D eigenvalue weighted by atomic mass is 10.1. The van der Waals surface area contributed by atoms with Gasteiger partial charge in [0, 0.05) is 17.8 Å². The molecule has 2 aromatic rings. The number of hydrogen-bond acceptors (Lipinski definition) is 4. The van der Waals surface area contributed by atoms with Crippen molar-refractivity contribution < 1.29 is 9.47 Å². The Labute approximate surface area is 127 Å². The first kappa shape index (κ1) is 14.8. The number of nitrogens with zero attached hydrogens (tertiary/aromatic N) is 1. The van der Waals surface area contributed by atoms with Crippen molar-refractivity contribution in [2.45, 2.75) is 19.4 Å². The predicted octanol–water partition coefficient (Wildman–Crippen LogP) is 3.53. The van der Waals surface area contributed by atoms with Crippen molar-refractivity contribution in [1.29, 1.82) is 0 Å². The number of methoxy groups -OCH3 is 1. The van der Waals surface area contributed by atoms with Gasteiger partial charge in [0.25, 0.3) is 0 Å². The fourth-order valence-corrected chi connectivity index (χ4v) is 2.25. The van der Waals surface area contributed by atoms with Crippen molar-refractivity contribution in [3.05, 3.63) is 46.6 Å². The van der Waals surface area contributed by atoms with Gasteiger partial charge in [-0.3, -0.25) is 0 Å². The van der Waals surface area contributed by atoms with Crippen molar-refractivity contribution in [2.24, 2.45) is 5.73 Å². The first-order valence-electron chi connectivity index (χ1n) is 6.31. The number of rotatable bonds is 5. The summed E-state index contributed by atoms with van der Waals surface area (Å²) in [5.74, 6) is 2.03. The molecule has 0 aliphatic rings. The van der Waals surface area contributed by atoms with E-state index < -0.39 is 0 Å². The Morgan fingerprint density at radius 3 is 2.80 bits per heavy atom. The van der Waals surface area contributed by atoms with Crippen LogP contribution in [-0.4, -0.2) is 18.1 Å². The summed E-state index contributed by atoms with van der Waals surface area (Å²) < 4.78 is 11.8. The minimum absolute atomic E-state index is 0.0564. The Bertz CT molecular complexity index is 588. The second kappa shape index (κ2) is 6.72. The Morgan fingerprint density at radius 2 is 2.15 bits per heavy atom. The normalized spacial score (nSPS) is 12.0. The quantitative estimate of drug-likeness (QED) is 0.907. The molecule has 5 heteroatoms. The van der Waals surface area contributed by atoms with Crippen LogP contribution in [0.15, 0.2) is 41.0 Å². The fourth-order valence-electron chi connectivity index (χ4n) is 1.81. The summed E-state index contributed by atoms with van der Waals surface area (Å²) in [6, 6.07) is 9.45. The van der Waals surface area contributed by atoms with Crippen LogP contribution in [0, 0.1) is 0 Å². The molecule has 0 amide bonds. The number of ether oxygens (including phenoxy) is 2. The molecule has 1 aromatic carbocycles. The van der Waals surface area contributed by atoms with Gasteiger partial charge in [0.2, 0.25) is 5.88 Å². The average Bonchev–Trinajstić information content (AvgIpc) is 2.42. The zero-order chi connectivity index (χ0) is 14.5. The van der Waals surface area contributed by atoms with Gasteiger partial charge in [-0.25, -0.2) is 4.98 Å². The third-order valence-electron chi connectivity index (χ3n) is 2.74. The van der Waals surface area contributed by atoms with Crippen LogP contribution in [0.3, 0.4) is 0 Å². The van der Waals surface area contributed by atoms with E-state index in [1.807, 2.05) is 37.3 Å². The number of aromatic nitrogens is 1. The Kier molecular flexibility index (Phi) is 4.98. The summed E-state index contributed by atoms with van der Waals surface area (Å²) in [5.41, 5.74) is 6.84. The SMILES string of the molecule is COc1ccc(Oc2ncccc2CC(C)N)c(Br)c1. The van der Waals surface area contributed by atoms with E-state index in [-0.39, 0.29) is 6.04 Å². The molecule has 106 valence electrons. The lowest BCUT2D eigenvalue weighted by Gasteiger charge is -2.13. The van der Waals surface area contributed by atoms with Crippen LogP contribution in [0.5, 0.6) is 17.4 Å². The van der Waals surface area contributed by atoms with Crippen molar-refractivity contribution in [2.75, 3.05) is 7.11 Å². The molecule has 1 unspecified atom stereocenters. The molecule has 0 saturated carbocycles. The van der Waals surface area contributed by atoms with Gasteiger partial charge in [-0.15, -0.1) is 0 Å². The van der Waals surface area contributed by atoms with Gasteiger partial charge in [-0.2, -0.15) is 0 Å². The van der Waals surface area contributed by atoms with Crippen LogP contribution in [0.4, 0.5) is 0 Å². The standard InChI is InChI=1S/C15H17BrN2O2/c1-10(17)8-11-4-3-7-18-15(11)20-14-6-5-12(19-2)9-13(14)16/h3-7,9-10H,8,17H2,1-2H3. The molecule has 0 saturated heterocycles. The summed E-state index contributed by atoms with van der Waals surface area (Å²) in [6.45, 7) is 1.96. The number of hydrogen-bond donors (Lipinski definition) is 1. The maximum absolute atomic E-state index is 5.87. The van der Waals surface area contributed by atoms with E-state index in [0.29, 0.717) is 11.6 Å². The van der Waals surface area contributed by atoms with E-state index in [4.69, 9.17) is 15.2 Å². The predicted molar refractivity (Wildman–Crippen MR) is 82.4 cm³/mol. The van der Waals surface area contributed by atoms with Crippen LogP contribution >= 0.6 is 15.9 Å². The van der Waals surface area contributed by atoms with Crippen molar-refractivity contribution in [1.82, 2.24) is 4.98 Å².